The summed E-state index contributed by atoms with van der Waals surface area (Å²) in [5, 5.41) is -0.191. The highest BCUT2D eigenvalue weighted by Crippen LogP contribution is 2.27. The predicted molar refractivity (Wildman–Crippen MR) is 73.5 cm³/mol. The second-order valence-corrected chi connectivity index (χ2v) is 7.47. The smallest absolute Gasteiger partial charge is 0.262 e. The summed E-state index contributed by atoms with van der Waals surface area (Å²) in [6.45, 7) is 4.23. The Labute approximate surface area is 123 Å². The van der Waals surface area contributed by atoms with Crippen molar-refractivity contribution in [1.82, 2.24) is 13.9 Å². The second-order valence-electron chi connectivity index (χ2n) is 5.63. The van der Waals surface area contributed by atoms with E-state index in [1.807, 2.05) is 13.8 Å². The fourth-order valence-electron chi connectivity index (χ4n) is 2.39. The van der Waals surface area contributed by atoms with E-state index in [1.54, 1.807) is 4.57 Å². The lowest BCUT2D eigenvalue weighted by Gasteiger charge is -2.19. The summed E-state index contributed by atoms with van der Waals surface area (Å²) >= 11 is 0. The van der Waals surface area contributed by atoms with Crippen LogP contribution >= 0.6 is 0 Å². The van der Waals surface area contributed by atoms with E-state index in [-0.39, 0.29) is 18.0 Å². The molecule has 0 aliphatic carbocycles. The lowest BCUT2D eigenvalue weighted by atomic mass is 10.2. The van der Waals surface area contributed by atoms with E-state index < -0.39 is 28.1 Å². The molecule has 1 aromatic rings. The number of nitrogens with zero attached hydrogens (tertiary/aromatic N) is 3. The quantitative estimate of drug-likeness (QED) is 0.834. The number of alkyl halides is 1. The average molecular weight is 318 g/mol. The Morgan fingerprint density at radius 2 is 2.24 bits per heavy atom. The summed E-state index contributed by atoms with van der Waals surface area (Å²) in [6.07, 6.45) is 1.20. The second kappa shape index (κ2) is 5.72. The number of carbonyl (C=O) groups excluding carboxylic acids is 1. The van der Waals surface area contributed by atoms with Crippen molar-refractivity contribution in [2.24, 2.45) is 11.7 Å². The van der Waals surface area contributed by atoms with Gasteiger partial charge in [0.05, 0.1) is 6.33 Å². The molecule has 21 heavy (non-hydrogen) atoms. The van der Waals surface area contributed by atoms with E-state index in [9.17, 15) is 17.6 Å². The first-order chi connectivity index (χ1) is 9.71. The number of hydrogen-bond donors (Lipinski definition) is 1. The molecule has 9 heteroatoms. The highest BCUT2D eigenvalue weighted by atomic mass is 32.2. The van der Waals surface area contributed by atoms with Crippen LogP contribution in [0.25, 0.3) is 0 Å². The standard InChI is InChI=1S/C12H19FN4O3S/c1-8(2)4-16-6-11(15-7-16)21(19,20)17-5-9(13)3-10(17)12(14)18/h6-10H,3-5H2,1-2H3,(H2,14,18)/t9-,10+/m1/s1. The molecule has 2 rings (SSSR count). The van der Waals surface area contributed by atoms with Crippen molar-refractivity contribution < 1.29 is 17.6 Å². The summed E-state index contributed by atoms with van der Waals surface area (Å²) < 4.78 is 40.9. The number of primary amides is 1. The predicted octanol–water partition coefficient (Wildman–Crippen LogP) is 0.126. The van der Waals surface area contributed by atoms with E-state index in [0.717, 1.165) is 4.31 Å². The monoisotopic (exact) mass is 318 g/mol. The molecule has 0 spiro atoms. The lowest BCUT2D eigenvalue weighted by Crippen LogP contribution is -2.43. The summed E-state index contributed by atoms with van der Waals surface area (Å²) in [6, 6.07) is -1.15. The molecule has 0 saturated carbocycles. The fraction of sp³-hybridized carbons (Fsp3) is 0.667. The normalized spacial score (nSPS) is 23.8. The van der Waals surface area contributed by atoms with Crippen molar-refractivity contribution >= 4 is 15.9 Å². The van der Waals surface area contributed by atoms with Crippen LogP contribution in [-0.4, -0.2) is 46.9 Å². The Balaban J connectivity index is 2.28. The van der Waals surface area contributed by atoms with Gasteiger partial charge < -0.3 is 10.3 Å². The molecule has 1 aliphatic heterocycles. The van der Waals surface area contributed by atoms with Crippen molar-refractivity contribution in [2.45, 2.75) is 44.1 Å². The van der Waals surface area contributed by atoms with Gasteiger partial charge in [-0.15, -0.1) is 0 Å². The van der Waals surface area contributed by atoms with Gasteiger partial charge in [-0.05, 0) is 5.92 Å². The minimum atomic E-state index is -4.02. The first kappa shape index (κ1) is 15.9. The summed E-state index contributed by atoms with van der Waals surface area (Å²) in [7, 11) is -4.02. The van der Waals surface area contributed by atoms with Crippen LogP contribution in [0.2, 0.25) is 0 Å². The summed E-state index contributed by atoms with van der Waals surface area (Å²) in [5.74, 6) is -0.518. The van der Waals surface area contributed by atoms with Crippen molar-refractivity contribution in [3.8, 4) is 0 Å². The Hall–Kier alpha value is -1.48. The van der Waals surface area contributed by atoms with E-state index in [0.29, 0.717) is 12.5 Å². The van der Waals surface area contributed by atoms with Crippen LogP contribution in [0.3, 0.4) is 0 Å². The minimum absolute atomic E-state index is 0.191. The topological polar surface area (TPSA) is 98.3 Å². The van der Waals surface area contributed by atoms with Crippen molar-refractivity contribution in [2.75, 3.05) is 6.54 Å². The van der Waals surface area contributed by atoms with Gasteiger partial charge in [-0.25, -0.2) is 17.8 Å². The molecule has 1 amide bonds. The lowest BCUT2D eigenvalue weighted by molar-refractivity contribution is -0.121. The SMILES string of the molecule is CC(C)Cn1cnc(S(=O)(=O)N2C[C@H](F)C[C@H]2C(N)=O)c1. The first-order valence-electron chi connectivity index (χ1n) is 6.68. The largest absolute Gasteiger partial charge is 0.368 e. The van der Waals surface area contributed by atoms with Crippen LogP contribution in [0, 0.1) is 5.92 Å². The minimum Gasteiger partial charge on any atom is -0.368 e. The van der Waals surface area contributed by atoms with Crippen LogP contribution in [0.1, 0.15) is 20.3 Å². The molecule has 2 atom stereocenters. The van der Waals surface area contributed by atoms with Gasteiger partial charge in [0.15, 0.2) is 5.03 Å². The number of hydrogen-bond acceptors (Lipinski definition) is 4. The van der Waals surface area contributed by atoms with Crippen LogP contribution in [0.15, 0.2) is 17.6 Å². The van der Waals surface area contributed by atoms with Crippen molar-refractivity contribution in [3.63, 3.8) is 0 Å². The molecule has 1 aromatic heterocycles. The van der Waals surface area contributed by atoms with Crippen LogP contribution < -0.4 is 5.73 Å². The Morgan fingerprint density at radius 1 is 1.57 bits per heavy atom. The van der Waals surface area contributed by atoms with Gasteiger partial charge >= 0.3 is 0 Å². The van der Waals surface area contributed by atoms with Gasteiger partial charge in [-0.1, -0.05) is 13.8 Å². The van der Waals surface area contributed by atoms with Crippen LogP contribution in [0.5, 0.6) is 0 Å². The first-order valence-corrected chi connectivity index (χ1v) is 8.13. The third-order valence-corrected chi connectivity index (χ3v) is 5.05. The average Bonchev–Trinajstić information content (AvgIpc) is 2.95. The number of sulfonamides is 1. The summed E-state index contributed by atoms with van der Waals surface area (Å²) in [5.41, 5.74) is 5.16. The number of rotatable bonds is 5. The highest BCUT2D eigenvalue weighted by Gasteiger charge is 2.44. The van der Waals surface area contributed by atoms with E-state index in [1.165, 1.54) is 12.5 Å². The molecule has 0 aromatic carbocycles. The number of nitrogens with two attached hydrogens (primary N) is 1. The number of amides is 1. The molecule has 118 valence electrons. The van der Waals surface area contributed by atoms with Crippen molar-refractivity contribution in [1.29, 1.82) is 0 Å². The number of imidazole rings is 1. The molecule has 0 radical (unpaired) electrons. The molecule has 1 saturated heterocycles. The van der Waals surface area contributed by atoms with Gasteiger partial charge in [0, 0.05) is 25.7 Å². The van der Waals surface area contributed by atoms with Crippen molar-refractivity contribution in [3.05, 3.63) is 12.5 Å². The molecule has 0 bridgehead atoms. The Bertz CT molecular complexity index is 628. The third-order valence-electron chi connectivity index (χ3n) is 3.29. The zero-order valence-electron chi connectivity index (χ0n) is 11.9. The highest BCUT2D eigenvalue weighted by molar-refractivity contribution is 7.89. The third kappa shape index (κ3) is 3.24. The number of aromatic nitrogens is 2. The van der Waals surface area contributed by atoms with Crippen LogP contribution in [-0.2, 0) is 21.4 Å². The zero-order chi connectivity index (χ0) is 15.8. The number of carbonyl (C=O) groups is 1. The summed E-state index contributed by atoms with van der Waals surface area (Å²) in [4.78, 5) is 15.2. The molecule has 7 nitrogen and oxygen atoms in total. The fourth-order valence-corrected chi connectivity index (χ4v) is 3.97. The molecule has 1 fully saturated rings. The maximum Gasteiger partial charge on any atom is 0.262 e. The maximum atomic E-state index is 13.5. The Kier molecular flexibility index (Phi) is 4.33. The molecular formula is C12H19FN4O3S. The van der Waals surface area contributed by atoms with Gasteiger partial charge in [0.2, 0.25) is 5.91 Å². The number of halogens is 1. The van der Waals surface area contributed by atoms with Gasteiger partial charge in [0.25, 0.3) is 10.0 Å². The van der Waals surface area contributed by atoms with Gasteiger partial charge in [0.1, 0.15) is 12.2 Å². The molecule has 1 aliphatic rings. The molecule has 0 unspecified atom stereocenters. The van der Waals surface area contributed by atoms with E-state index in [2.05, 4.69) is 4.98 Å². The maximum absolute atomic E-state index is 13.5. The van der Waals surface area contributed by atoms with Gasteiger partial charge in [-0.2, -0.15) is 4.31 Å². The molecule has 2 N–H and O–H groups in total. The Morgan fingerprint density at radius 3 is 2.81 bits per heavy atom. The molecule has 2 heterocycles. The van der Waals surface area contributed by atoms with E-state index in [4.69, 9.17) is 5.73 Å². The van der Waals surface area contributed by atoms with Crippen LogP contribution in [0.4, 0.5) is 4.39 Å². The van der Waals surface area contributed by atoms with E-state index >= 15 is 0 Å². The zero-order valence-corrected chi connectivity index (χ0v) is 12.8. The molecular weight excluding hydrogens is 299 g/mol. The van der Waals surface area contributed by atoms with Gasteiger partial charge in [-0.3, -0.25) is 4.79 Å².